The Morgan fingerprint density at radius 2 is 2.10 bits per heavy atom. The molecule has 0 radical (unpaired) electrons. The highest BCUT2D eigenvalue weighted by Gasteiger charge is 2.08. The standard InChI is InChI=1S/C13H13N5OS/c19-8-7-18-13(15-16-17-18)20-9-11-4-1-3-10-5-2-6-14-12(10)11/h1-6,19H,7-9H2. The summed E-state index contributed by atoms with van der Waals surface area (Å²) in [5.41, 5.74) is 2.15. The monoisotopic (exact) mass is 287 g/mol. The number of hydrogen-bond acceptors (Lipinski definition) is 6. The normalized spacial score (nSPS) is 11.1. The molecule has 0 aliphatic carbocycles. The lowest BCUT2D eigenvalue weighted by atomic mass is 10.1. The second-order valence-electron chi connectivity index (χ2n) is 4.19. The molecule has 0 spiro atoms. The number of aliphatic hydroxyl groups is 1. The topological polar surface area (TPSA) is 76.7 Å². The molecule has 0 saturated heterocycles. The number of aromatic nitrogens is 5. The van der Waals surface area contributed by atoms with E-state index >= 15 is 0 Å². The van der Waals surface area contributed by atoms with Gasteiger partial charge in [-0.2, -0.15) is 0 Å². The third-order valence-corrected chi connectivity index (χ3v) is 3.89. The molecule has 2 aromatic heterocycles. The number of fused-ring (bicyclic) bond motifs is 1. The molecule has 1 aromatic carbocycles. The van der Waals surface area contributed by atoms with Crippen LogP contribution in [0.3, 0.4) is 0 Å². The maximum atomic E-state index is 8.95. The lowest BCUT2D eigenvalue weighted by Gasteiger charge is -2.05. The summed E-state index contributed by atoms with van der Waals surface area (Å²) in [4.78, 5) is 4.43. The zero-order valence-corrected chi connectivity index (χ0v) is 11.5. The number of para-hydroxylation sites is 1. The zero-order valence-electron chi connectivity index (χ0n) is 10.7. The van der Waals surface area contributed by atoms with E-state index in [0.29, 0.717) is 11.7 Å². The number of aliphatic hydroxyl groups excluding tert-OH is 1. The number of hydrogen-bond donors (Lipinski definition) is 1. The van der Waals surface area contributed by atoms with Crippen LogP contribution in [0.15, 0.2) is 41.7 Å². The Balaban J connectivity index is 1.81. The fourth-order valence-electron chi connectivity index (χ4n) is 1.96. The van der Waals surface area contributed by atoms with E-state index in [1.807, 2.05) is 24.3 Å². The molecule has 0 unspecified atom stereocenters. The van der Waals surface area contributed by atoms with E-state index in [-0.39, 0.29) is 6.61 Å². The van der Waals surface area contributed by atoms with Crippen LogP contribution in [0.2, 0.25) is 0 Å². The Kier molecular flexibility index (Phi) is 3.89. The molecule has 0 saturated carbocycles. The van der Waals surface area contributed by atoms with Crippen molar-refractivity contribution < 1.29 is 5.11 Å². The first-order valence-corrected chi connectivity index (χ1v) is 7.19. The minimum atomic E-state index is 0.0222. The predicted octanol–water partition coefficient (Wildman–Crippen LogP) is 1.51. The van der Waals surface area contributed by atoms with Crippen LogP contribution in [0.1, 0.15) is 5.56 Å². The van der Waals surface area contributed by atoms with E-state index in [4.69, 9.17) is 5.11 Å². The molecule has 0 aliphatic rings. The lowest BCUT2D eigenvalue weighted by molar-refractivity contribution is 0.262. The Bertz CT molecular complexity index is 709. The first-order chi connectivity index (χ1) is 9.88. The van der Waals surface area contributed by atoms with Crippen LogP contribution in [0.5, 0.6) is 0 Å². The molecule has 0 amide bonds. The second-order valence-corrected chi connectivity index (χ2v) is 5.13. The van der Waals surface area contributed by atoms with Gasteiger partial charge in [-0.3, -0.25) is 4.98 Å². The number of tetrazole rings is 1. The number of rotatable bonds is 5. The second kappa shape index (κ2) is 5.98. The van der Waals surface area contributed by atoms with Gasteiger partial charge in [0.05, 0.1) is 18.7 Å². The van der Waals surface area contributed by atoms with Gasteiger partial charge in [0, 0.05) is 17.3 Å². The van der Waals surface area contributed by atoms with Crippen LogP contribution in [-0.4, -0.2) is 36.9 Å². The molecule has 102 valence electrons. The summed E-state index contributed by atoms with van der Waals surface area (Å²) in [6, 6.07) is 10.1. The summed E-state index contributed by atoms with van der Waals surface area (Å²) in [7, 11) is 0. The van der Waals surface area contributed by atoms with Gasteiger partial charge < -0.3 is 5.11 Å². The van der Waals surface area contributed by atoms with Crippen molar-refractivity contribution in [3.8, 4) is 0 Å². The summed E-state index contributed by atoms with van der Waals surface area (Å²) in [6.45, 7) is 0.428. The Morgan fingerprint density at radius 3 is 3.00 bits per heavy atom. The van der Waals surface area contributed by atoms with Crippen LogP contribution in [0.4, 0.5) is 0 Å². The number of pyridine rings is 1. The number of benzene rings is 1. The molecule has 1 N–H and O–H groups in total. The lowest BCUT2D eigenvalue weighted by Crippen LogP contribution is -2.05. The molecule has 0 atom stereocenters. The highest BCUT2D eigenvalue weighted by Crippen LogP contribution is 2.24. The van der Waals surface area contributed by atoms with Gasteiger partial charge in [0.25, 0.3) is 0 Å². The van der Waals surface area contributed by atoms with Crippen molar-refractivity contribution in [3.63, 3.8) is 0 Å². The van der Waals surface area contributed by atoms with Gasteiger partial charge >= 0.3 is 0 Å². The van der Waals surface area contributed by atoms with E-state index in [1.54, 1.807) is 10.9 Å². The molecular weight excluding hydrogens is 274 g/mol. The van der Waals surface area contributed by atoms with Crippen molar-refractivity contribution in [1.82, 2.24) is 25.2 Å². The van der Waals surface area contributed by atoms with Gasteiger partial charge in [-0.25, -0.2) is 4.68 Å². The van der Waals surface area contributed by atoms with Crippen LogP contribution >= 0.6 is 11.8 Å². The van der Waals surface area contributed by atoms with Crippen molar-refractivity contribution in [2.45, 2.75) is 17.5 Å². The highest BCUT2D eigenvalue weighted by molar-refractivity contribution is 7.98. The average Bonchev–Trinajstić information content (AvgIpc) is 2.93. The van der Waals surface area contributed by atoms with Gasteiger partial charge in [-0.15, -0.1) is 5.10 Å². The highest BCUT2D eigenvalue weighted by atomic mass is 32.2. The summed E-state index contributed by atoms with van der Waals surface area (Å²) >= 11 is 1.54. The average molecular weight is 287 g/mol. The number of thioether (sulfide) groups is 1. The van der Waals surface area contributed by atoms with Crippen molar-refractivity contribution in [1.29, 1.82) is 0 Å². The van der Waals surface area contributed by atoms with Crippen LogP contribution < -0.4 is 0 Å². The zero-order chi connectivity index (χ0) is 13.8. The molecule has 7 heteroatoms. The molecule has 20 heavy (non-hydrogen) atoms. The van der Waals surface area contributed by atoms with Crippen molar-refractivity contribution in [3.05, 3.63) is 42.1 Å². The van der Waals surface area contributed by atoms with Crippen LogP contribution in [-0.2, 0) is 12.3 Å². The maximum Gasteiger partial charge on any atom is 0.209 e. The first-order valence-electron chi connectivity index (χ1n) is 6.21. The van der Waals surface area contributed by atoms with E-state index in [9.17, 15) is 0 Å². The molecule has 3 aromatic rings. The SMILES string of the molecule is OCCn1nnnc1SCc1cccc2cccnc12. The minimum absolute atomic E-state index is 0.0222. The smallest absolute Gasteiger partial charge is 0.209 e. The maximum absolute atomic E-state index is 8.95. The quantitative estimate of drug-likeness (QED) is 0.717. The molecule has 0 aliphatic heterocycles. The third-order valence-electron chi connectivity index (χ3n) is 2.88. The molecule has 0 fully saturated rings. The van der Waals surface area contributed by atoms with Crippen molar-refractivity contribution >= 4 is 22.7 Å². The third kappa shape index (κ3) is 2.63. The van der Waals surface area contributed by atoms with Crippen LogP contribution in [0.25, 0.3) is 10.9 Å². The summed E-state index contributed by atoms with van der Waals surface area (Å²) in [6.07, 6.45) is 1.80. The van der Waals surface area contributed by atoms with E-state index < -0.39 is 0 Å². The number of nitrogens with zero attached hydrogens (tertiary/aromatic N) is 5. The van der Waals surface area contributed by atoms with Crippen molar-refractivity contribution in [2.24, 2.45) is 0 Å². The van der Waals surface area contributed by atoms with Gasteiger partial charge in [-0.1, -0.05) is 36.0 Å². The Hall–Kier alpha value is -1.99. The summed E-state index contributed by atoms with van der Waals surface area (Å²) in [5.74, 6) is 0.736. The van der Waals surface area contributed by atoms with Gasteiger partial charge in [-0.05, 0) is 22.1 Å². The first kappa shape index (κ1) is 13.0. The van der Waals surface area contributed by atoms with Gasteiger partial charge in [0.15, 0.2) is 0 Å². The van der Waals surface area contributed by atoms with E-state index in [2.05, 4.69) is 26.6 Å². The minimum Gasteiger partial charge on any atom is -0.394 e. The fourth-order valence-corrected chi connectivity index (χ4v) is 2.85. The molecular formula is C13H13N5OS. The fraction of sp³-hybridized carbons (Fsp3) is 0.231. The summed E-state index contributed by atoms with van der Waals surface area (Å²) < 4.78 is 1.60. The molecule has 6 nitrogen and oxygen atoms in total. The van der Waals surface area contributed by atoms with Gasteiger partial charge in [0.2, 0.25) is 5.16 Å². The largest absolute Gasteiger partial charge is 0.394 e. The van der Waals surface area contributed by atoms with Gasteiger partial charge in [0.1, 0.15) is 0 Å². The van der Waals surface area contributed by atoms with Crippen molar-refractivity contribution in [2.75, 3.05) is 6.61 Å². The van der Waals surface area contributed by atoms with E-state index in [0.717, 1.165) is 22.2 Å². The predicted molar refractivity (Wildman–Crippen MR) is 76.2 cm³/mol. The molecule has 0 bridgehead atoms. The molecule has 3 rings (SSSR count). The molecule has 2 heterocycles. The van der Waals surface area contributed by atoms with E-state index in [1.165, 1.54) is 11.8 Å². The van der Waals surface area contributed by atoms with Crippen LogP contribution in [0, 0.1) is 0 Å². The Labute approximate surface area is 119 Å². The summed E-state index contributed by atoms with van der Waals surface area (Å²) in [5, 5.41) is 22.2. The Morgan fingerprint density at radius 1 is 1.20 bits per heavy atom.